The maximum atomic E-state index is 9.90. The molecule has 60 heavy (non-hydrogen) atoms. The fourth-order valence-corrected chi connectivity index (χ4v) is 8.88. The Hall–Kier alpha value is -8.72. The van der Waals surface area contributed by atoms with Crippen molar-refractivity contribution in [3.8, 4) is 79.9 Å². The van der Waals surface area contributed by atoms with Crippen molar-refractivity contribution in [2.45, 2.75) is 0 Å². The highest BCUT2D eigenvalue weighted by Crippen LogP contribution is 2.54. The van der Waals surface area contributed by atoms with Crippen molar-refractivity contribution in [1.29, 1.82) is 10.5 Å². The molecular formula is C52H28N6O2. The molecule has 0 atom stereocenters. The number of anilines is 6. The first-order valence-corrected chi connectivity index (χ1v) is 19.5. The minimum atomic E-state index is 0.0187. The van der Waals surface area contributed by atoms with E-state index in [2.05, 4.69) is 119 Å². The quantitative estimate of drug-likeness (QED) is 0.174. The third-order valence-corrected chi connectivity index (χ3v) is 11.5. The van der Waals surface area contributed by atoms with Crippen LogP contribution >= 0.6 is 0 Å². The predicted octanol–water partition coefficient (Wildman–Crippen LogP) is 13.5. The molecule has 1 aromatic heterocycles. The largest absolute Gasteiger partial charge is 0.453 e. The number of rotatable bonds is 4. The second-order valence-electron chi connectivity index (χ2n) is 14.8. The van der Waals surface area contributed by atoms with E-state index in [1.165, 1.54) is 0 Å². The van der Waals surface area contributed by atoms with Gasteiger partial charge in [-0.25, -0.2) is 9.97 Å². The van der Waals surface area contributed by atoms with Gasteiger partial charge in [0.2, 0.25) is 0 Å². The molecule has 278 valence electrons. The summed E-state index contributed by atoms with van der Waals surface area (Å²) in [6.45, 7) is 0. The van der Waals surface area contributed by atoms with Gasteiger partial charge in [-0.15, -0.1) is 0 Å². The molecule has 8 nitrogen and oxygen atoms in total. The van der Waals surface area contributed by atoms with Crippen molar-refractivity contribution in [3.05, 3.63) is 181 Å². The summed E-state index contributed by atoms with van der Waals surface area (Å²) in [7, 11) is 0. The van der Waals surface area contributed by atoms with Gasteiger partial charge in [0, 0.05) is 27.9 Å². The van der Waals surface area contributed by atoms with Crippen LogP contribution in [0.3, 0.4) is 0 Å². The second kappa shape index (κ2) is 12.9. The Balaban J connectivity index is 1.02. The summed E-state index contributed by atoms with van der Waals surface area (Å²) >= 11 is 0. The standard InChI is InChI=1S/C52H28N6O2/c53-29-39-40(30-54)56-52-38-28-26-36(32-19-23-34(24-20-32)58-43-11-3-7-15-47(43)60-48-16-8-4-12-44(48)58)49-35(25-27-37(50(38)49)51(52)55-39)31-17-21-33(22-18-31)57-41-9-1-5-13-45(41)59-46-14-6-2-10-42(46)57/h1-28H. The van der Waals surface area contributed by atoms with Gasteiger partial charge in [-0.3, -0.25) is 0 Å². The van der Waals surface area contributed by atoms with Crippen molar-refractivity contribution >= 4 is 44.9 Å². The zero-order chi connectivity index (χ0) is 39.9. The number of benzene rings is 8. The van der Waals surface area contributed by atoms with Gasteiger partial charge in [-0.2, -0.15) is 10.5 Å². The average molecular weight is 769 g/mol. The molecule has 3 aliphatic rings. The van der Waals surface area contributed by atoms with Crippen LogP contribution in [-0.2, 0) is 0 Å². The van der Waals surface area contributed by atoms with Gasteiger partial charge in [0.25, 0.3) is 0 Å². The maximum absolute atomic E-state index is 9.90. The molecule has 12 rings (SSSR count). The lowest BCUT2D eigenvalue weighted by Crippen LogP contribution is -2.15. The van der Waals surface area contributed by atoms with Gasteiger partial charge in [0.1, 0.15) is 12.1 Å². The molecule has 8 aromatic carbocycles. The van der Waals surface area contributed by atoms with E-state index < -0.39 is 0 Å². The van der Waals surface area contributed by atoms with Crippen molar-refractivity contribution in [3.63, 3.8) is 0 Å². The zero-order valence-electron chi connectivity index (χ0n) is 31.7. The lowest BCUT2D eigenvalue weighted by molar-refractivity contribution is 0.477. The molecule has 0 N–H and O–H groups in total. The molecule has 9 aromatic rings. The van der Waals surface area contributed by atoms with Gasteiger partial charge in [0.15, 0.2) is 34.4 Å². The second-order valence-corrected chi connectivity index (χ2v) is 14.8. The van der Waals surface area contributed by atoms with Crippen LogP contribution in [0.15, 0.2) is 170 Å². The van der Waals surface area contributed by atoms with Gasteiger partial charge >= 0.3 is 0 Å². The molecule has 0 amide bonds. The Labute approximate surface area is 344 Å². The summed E-state index contributed by atoms with van der Waals surface area (Å²) in [5.41, 5.74) is 13.0. The topological polar surface area (TPSA) is 98.3 Å². The maximum Gasteiger partial charge on any atom is 0.177 e. The summed E-state index contributed by atoms with van der Waals surface area (Å²) in [4.78, 5) is 13.9. The van der Waals surface area contributed by atoms with Crippen molar-refractivity contribution in [2.24, 2.45) is 0 Å². The average Bonchev–Trinajstić information content (AvgIpc) is 3.62. The lowest BCUT2D eigenvalue weighted by atomic mass is 9.88. The van der Waals surface area contributed by atoms with Crippen molar-refractivity contribution < 1.29 is 9.47 Å². The molecular weight excluding hydrogens is 741 g/mol. The van der Waals surface area contributed by atoms with Gasteiger partial charge < -0.3 is 19.3 Å². The lowest BCUT2D eigenvalue weighted by Gasteiger charge is -2.32. The van der Waals surface area contributed by atoms with E-state index in [0.717, 1.165) is 101 Å². The van der Waals surface area contributed by atoms with E-state index in [9.17, 15) is 10.5 Å². The van der Waals surface area contributed by atoms with E-state index in [0.29, 0.717) is 11.4 Å². The smallest absolute Gasteiger partial charge is 0.177 e. The third-order valence-electron chi connectivity index (χ3n) is 11.5. The number of ether oxygens (including phenoxy) is 2. The predicted molar refractivity (Wildman–Crippen MR) is 234 cm³/mol. The molecule has 0 bridgehead atoms. The Kier molecular flexibility index (Phi) is 7.19. The van der Waals surface area contributed by atoms with E-state index in [4.69, 9.17) is 19.4 Å². The number of nitriles is 2. The highest BCUT2D eigenvalue weighted by Gasteiger charge is 2.31. The number of aromatic nitrogens is 2. The molecule has 3 heterocycles. The van der Waals surface area contributed by atoms with E-state index in [1.807, 2.05) is 72.8 Å². The minimum Gasteiger partial charge on any atom is -0.453 e. The number of para-hydroxylation sites is 8. The van der Waals surface area contributed by atoms with Crippen molar-refractivity contribution in [1.82, 2.24) is 9.97 Å². The van der Waals surface area contributed by atoms with Crippen LogP contribution in [0, 0.1) is 22.7 Å². The summed E-state index contributed by atoms with van der Waals surface area (Å²) in [5.74, 6) is 3.19. The first kappa shape index (κ1) is 33.4. The summed E-state index contributed by atoms with van der Waals surface area (Å²) in [6.07, 6.45) is 0. The van der Waals surface area contributed by atoms with E-state index in [-0.39, 0.29) is 11.4 Å². The zero-order valence-corrected chi connectivity index (χ0v) is 31.7. The Bertz CT molecular complexity index is 3050. The molecule has 8 heteroatoms. The molecule has 0 unspecified atom stereocenters. The van der Waals surface area contributed by atoms with Crippen LogP contribution < -0.4 is 19.3 Å². The number of hydrogen-bond acceptors (Lipinski definition) is 8. The molecule has 1 aliphatic carbocycles. The Morgan fingerprint density at radius 1 is 0.367 bits per heavy atom. The molecule has 0 saturated heterocycles. The highest BCUT2D eigenvalue weighted by atomic mass is 16.5. The minimum absolute atomic E-state index is 0.0187. The number of hydrogen-bond donors (Lipinski definition) is 0. The molecule has 0 radical (unpaired) electrons. The fourth-order valence-electron chi connectivity index (χ4n) is 8.88. The van der Waals surface area contributed by atoms with E-state index >= 15 is 0 Å². The molecule has 2 aliphatic heterocycles. The van der Waals surface area contributed by atoms with Crippen LogP contribution in [0.1, 0.15) is 11.4 Å². The van der Waals surface area contributed by atoms with Gasteiger partial charge in [-0.05, 0) is 100 Å². The van der Waals surface area contributed by atoms with E-state index in [1.54, 1.807) is 0 Å². The summed E-state index contributed by atoms with van der Waals surface area (Å²) in [5, 5.41) is 21.8. The number of nitrogens with zero attached hydrogens (tertiary/aromatic N) is 6. The van der Waals surface area contributed by atoms with Crippen LogP contribution in [-0.4, -0.2) is 9.97 Å². The van der Waals surface area contributed by atoms with Crippen LogP contribution in [0.5, 0.6) is 23.0 Å². The fraction of sp³-hybridized carbons (Fsp3) is 0. The first-order valence-electron chi connectivity index (χ1n) is 19.5. The first-order chi connectivity index (χ1) is 29.7. The Morgan fingerprint density at radius 3 is 1.03 bits per heavy atom. The molecule has 0 saturated carbocycles. The van der Waals surface area contributed by atoms with Crippen LogP contribution in [0.4, 0.5) is 34.1 Å². The summed E-state index contributed by atoms with van der Waals surface area (Å²) in [6, 6.07) is 62.2. The normalized spacial score (nSPS) is 12.5. The molecule has 0 spiro atoms. The highest BCUT2D eigenvalue weighted by molar-refractivity contribution is 6.21. The third kappa shape index (κ3) is 4.89. The SMILES string of the molecule is N#Cc1nc2c(nc1C#N)-c1ccc(-c3ccc(N4c5ccccc5Oc5ccccc54)cc3)c3c(-c4ccc(N5c6ccccc6Oc6ccccc65)cc4)ccc-2c13. The number of fused-ring (bicyclic) bond motifs is 7. The van der Waals surface area contributed by atoms with Crippen LogP contribution in [0.25, 0.3) is 55.5 Å². The van der Waals surface area contributed by atoms with Crippen molar-refractivity contribution in [2.75, 3.05) is 9.80 Å². The monoisotopic (exact) mass is 768 g/mol. The van der Waals surface area contributed by atoms with Gasteiger partial charge in [-0.1, -0.05) is 97.1 Å². The van der Waals surface area contributed by atoms with Gasteiger partial charge in [0.05, 0.1) is 34.1 Å². The Morgan fingerprint density at radius 2 is 0.683 bits per heavy atom. The molecule has 0 fully saturated rings. The van der Waals surface area contributed by atoms with Crippen LogP contribution in [0.2, 0.25) is 0 Å². The summed E-state index contributed by atoms with van der Waals surface area (Å²) < 4.78 is 12.6.